The van der Waals surface area contributed by atoms with Gasteiger partial charge in [-0.15, -0.1) is 0 Å². The van der Waals surface area contributed by atoms with Gasteiger partial charge in [-0.05, 0) is 72.2 Å². The number of rotatable bonds is 8. The van der Waals surface area contributed by atoms with E-state index in [0.29, 0.717) is 18.5 Å². The van der Waals surface area contributed by atoms with E-state index in [1.54, 1.807) is 32.2 Å². The highest BCUT2D eigenvalue weighted by molar-refractivity contribution is 7.62. The fourth-order valence-corrected chi connectivity index (χ4v) is 4.47. The number of amides is 1. The van der Waals surface area contributed by atoms with Gasteiger partial charge in [-0.25, -0.2) is 4.79 Å². The molecule has 0 aliphatic heterocycles. The zero-order valence-corrected chi connectivity index (χ0v) is 20.3. The molecule has 1 heterocycles. The van der Waals surface area contributed by atoms with Crippen molar-refractivity contribution in [2.75, 3.05) is 13.2 Å². The SMILES string of the molecule is CCOP(=O)(OCC)c1ccc(-c2ccc(C(C)(C)NC(=O)OC(C)(C)C)cn2)cc1. The van der Waals surface area contributed by atoms with Crippen LogP contribution in [0.5, 0.6) is 0 Å². The molecule has 2 rings (SSSR count). The fraction of sp³-hybridized carbons (Fsp3) is 0.478. The lowest BCUT2D eigenvalue weighted by molar-refractivity contribution is 0.0470. The molecule has 0 bridgehead atoms. The Morgan fingerprint density at radius 1 is 0.968 bits per heavy atom. The quantitative estimate of drug-likeness (QED) is 0.544. The molecule has 7 nitrogen and oxygen atoms in total. The molecule has 0 unspecified atom stereocenters. The van der Waals surface area contributed by atoms with Crippen LogP contribution in [-0.2, 0) is 23.9 Å². The predicted molar refractivity (Wildman–Crippen MR) is 123 cm³/mol. The van der Waals surface area contributed by atoms with E-state index in [2.05, 4.69) is 10.3 Å². The first kappa shape index (κ1) is 25.1. The number of benzene rings is 1. The summed E-state index contributed by atoms with van der Waals surface area (Å²) in [4.78, 5) is 16.7. The molecule has 0 atom stereocenters. The van der Waals surface area contributed by atoms with Crippen molar-refractivity contribution in [1.82, 2.24) is 10.3 Å². The number of aromatic nitrogens is 1. The summed E-state index contributed by atoms with van der Waals surface area (Å²) >= 11 is 0. The van der Waals surface area contributed by atoms with E-state index in [-0.39, 0.29) is 0 Å². The molecule has 1 N–H and O–H groups in total. The van der Waals surface area contributed by atoms with Crippen molar-refractivity contribution in [3.8, 4) is 11.3 Å². The van der Waals surface area contributed by atoms with Crippen LogP contribution in [0.3, 0.4) is 0 Å². The standard InChI is InChI=1S/C23H33N2O5P/c1-8-28-31(27,29-9-2)19-13-10-17(11-14-19)20-15-12-18(16-24-20)23(6,7)25-21(26)30-22(3,4)5/h10-16H,8-9H2,1-7H3,(H,25,26). The maximum atomic E-state index is 12.9. The fourth-order valence-electron chi connectivity index (χ4n) is 2.91. The summed E-state index contributed by atoms with van der Waals surface area (Å²) in [7, 11) is -3.31. The third-order valence-electron chi connectivity index (χ3n) is 4.38. The van der Waals surface area contributed by atoms with Crippen LogP contribution in [-0.4, -0.2) is 29.9 Å². The van der Waals surface area contributed by atoms with Crippen LogP contribution in [0.4, 0.5) is 4.79 Å². The number of nitrogens with zero attached hydrogens (tertiary/aromatic N) is 1. The number of hydrogen-bond acceptors (Lipinski definition) is 6. The van der Waals surface area contributed by atoms with Crippen LogP contribution in [0.2, 0.25) is 0 Å². The highest BCUT2D eigenvalue weighted by Crippen LogP contribution is 2.46. The van der Waals surface area contributed by atoms with E-state index in [1.165, 1.54) is 0 Å². The van der Waals surface area contributed by atoms with E-state index in [0.717, 1.165) is 16.8 Å². The summed E-state index contributed by atoms with van der Waals surface area (Å²) in [5.41, 5.74) is 1.25. The maximum Gasteiger partial charge on any atom is 0.408 e. The first-order valence-corrected chi connectivity index (χ1v) is 11.9. The normalized spacial score (nSPS) is 12.5. The molecule has 0 saturated carbocycles. The Morgan fingerprint density at radius 3 is 2.00 bits per heavy atom. The van der Waals surface area contributed by atoms with Gasteiger partial charge in [0.1, 0.15) is 5.60 Å². The van der Waals surface area contributed by atoms with E-state index >= 15 is 0 Å². The molecule has 0 aliphatic rings. The second kappa shape index (κ2) is 9.94. The van der Waals surface area contributed by atoms with Crippen molar-refractivity contribution in [3.05, 3.63) is 48.2 Å². The molecular weight excluding hydrogens is 415 g/mol. The first-order valence-electron chi connectivity index (χ1n) is 10.4. The number of carbonyl (C=O) groups is 1. The summed E-state index contributed by atoms with van der Waals surface area (Å²) in [6.07, 6.45) is 1.25. The van der Waals surface area contributed by atoms with Crippen molar-refractivity contribution in [2.45, 2.75) is 59.6 Å². The van der Waals surface area contributed by atoms with Gasteiger partial charge in [-0.2, -0.15) is 0 Å². The van der Waals surface area contributed by atoms with Gasteiger partial charge < -0.3 is 19.1 Å². The summed E-state index contributed by atoms with van der Waals surface area (Å²) < 4.78 is 29.0. The topological polar surface area (TPSA) is 86.8 Å². The van der Waals surface area contributed by atoms with E-state index in [4.69, 9.17) is 13.8 Å². The van der Waals surface area contributed by atoms with Gasteiger partial charge in [0.25, 0.3) is 0 Å². The van der Waals surface area contributed by atoms with Crippen LogP contribution in [0, 0.1) is 0 Å². The molecule has 170 valence electrons. The second-order valence-electron chi connectivity index (χ2n) is 8.56. The number of alkyl carbamates (subject to hydrolysis) is 1. The van der Waals surface area contributed by atoms with Crippen LogP contribution in [0.15, 0.2) is 42.6 Å². The minimum atomic E-state index is -3.31. The average molecular weight is 449 g/mol. The van der Waals surface area contributed by atoms with Crippen LogP contribution in [0.1, 0.15) is 54.0 Å². The van der Waals surface area contributed by atoms with E-state index in [9.17, 15) is 9.36 Å². The van der Waals surface area contributed by atoms with Gasteiger partial charge in [0.2, 0.25) is 0 Å². The summed E-state index contributed by atoms with van der Waals surface area (Å²) in [5, 5.41) is 3.39. The Kier molecular flexibility index (Phi) is 8.04. The van der Waals surface area contributed by atoms with Crippen LogP contribution >= 0.6 is 7.60 Å². The molecule has 0 spiro atoms. The molecule has 1 aromatic heterocycles. The summed E-state index contributed by atoms with van der Waals surface area (Å²) in [6, 6.07) is 11.0. The van der Waals surface area contributed by atoms with Crippen LogP contribution < -0.4 is 10.6 Å². The van der Waals surface area contributed by atoms with Gasteiger partial charge in [0.05, 0.1) is 29.8 Å². The minimum absolute atomic E-state index is 0.301. The number of ether oxygens (including phenoxy) is 1. The van der Waals surface area contributed by atoms with Crippen molar-refractivity contribution >= 4 is 19.0 Å². The molecule has 0 fully saturated rings. The Hall–Kier alpha value is -2.21. The van der Waals surface area contributed by atoms with Crippen molar-refractivity contribution in [3.63, 3.8) is 0 Å². The average Bonchev–Trinajstić information content (AvgIpc) is 2.66. The van der Waals surface area contributed by atoms with Gasteiger partial charge in [-0.1, -0.05) is 18.2 Å². The van der Waals surface area contributed by atoms with Gasteiger partial charge in [-0.3, -0.25) is 9.55 Å². The molecule has 0 saturated heterocycles. The Labute approximate surface area is 185 Å². The molecule has 2 aromatic rings. The highest BCUT2D eigenvalue weighted by atomic mass is 31.2. The van der Waals surface area contributed by atoms with Crippen LogP contribution in [0.25, 0.3) is 11.3 Å². The molecule has 1 amide bonds. The van der Waals surface area contributed by atoms with Gasteiger partial charge in [0, 0.05) is 11.8 Å². The highest BCUT2D eigenvalue weighted by Gasteiger charge is 2.28. The predicted octanol–water partition coefficient (Wildman–Crippen LogP) is 5.40. The molecular formula is C23H33N2O5P. The first-order chi connectivity index (χ1) is 14.4. The zero-order valence-electron chi connectivity index (χ0n) is 19.4. The maximum absolute atomic E-state index is 12.9. The van der Waals surface area contributed by atoms with Crippen molar-refractivity contribution in [1.29, 1.82) is 0 Å². The Balaban J connectivity index is 2.17. The number of hydrogen-bond donors (Lipinski definition) is 1. The Bertz CT molecular complexity index is 908. The third-order valence-corrected chi connectivity index (χ3v) is 6.50. The summed E-state index contributed by atoms with van der Waals surface area (Å²) in [6.45, 7) is 13.4. The number of nitrogens with one attached hydrogen (secondary N) is 1. The van der Waals surface area contributed by atoms with Gasteiger partial charge >= 0.3 is 13.7 Å². The largest absolute Gasteiger partial charge is 0.444 e. The lowest BCUT2D eigenvalue weighted by atomic mass is 9.95. The molecule has 0 aliphatic carbocycles. The number of carbonyl (C=O) groups excluding carboxylic acids is 1. The monoisotopic (exact) mass is 448 g/mol. The molecule has 0 radical (unpaired) electrons. The lowest BCUT2D eigenvalue weighted by Crippen LogP contribution is -2.43. The lowest BCUT2D eigenvalue weighted by Gasteiger charge is -2.29. The minimum Gasteiger partial charge on any atom is -0.444 e. The van der Waals surface area contributed by atoms with Gasteiger partial charge in [0.15, 0.2) is 0 Å². The van der Waals surface area contributed by atoms with Crippen molar-refractivity contribution in [2.24, 2.45) is 0 Å². The smallest absolute Gasteiger partial charge is 0.408 e. The third kappa shape index (κ3) is 6.89. The van der Waals surface area contributed by atoms with E-state index < -0.39 is 24.8 Å². The second-order valence-corrected chi connectivity index (χ2v) is 10.6. The number of pyridine rings is 1. The Morgan fingerprint density at radius 2 is 1.55 bits per heavy atom. The molecule has 8 heteroatoms. The summed E-state index contributed by atoms with van der Waals surface area (Å²) in [5.74, 6) is 0. The van der Waals surface area contributed by atoms with E-state index in [1.807, 2.05) is 58.9 Å². The molecule has 31 heavy (non-hydrogen) atoms. The van der Waals surface area contributed by atoms with Crippen molar-refractivity contribution < 1.29 is 23.1 Å². The zero-order chi connectivity index (χ0) is 23.3. The molecule has 1 aromatic carbocycles.